The summed E-state index contributed by atoms with van der Waals surface area (Å²) in [6.07, 6.45) is 1.38. The van der Waals surface area contributed by atoms with E-state index in [1.807, 2.05) is 60.7 Å². The minimum absolute atomic E-state index is 0.804. The van der Waals surface area contributed by atoms with Gasteiger partial charge >= 0.3 is 0 Å². The van der Waals surface area contributed by atoms with E-state index in [0.29, 0.717) is 0 Å². The van der Waals surface area contributed by atoms with Gasteiger partial charge in [0.25, 0.3) is 0 Å². The third-order valence-corrected chi connectivity index (χ3v) is 2.01. The molecule has 0 radical (unpaired) electrons. The first-order valence-electron chi connectivity index (χ1n) is 5.23. The summed E-state index contributed by atoms with van der Waals surface area (Å²) in [7, 11) is 0. The molecule has 0 aliphatic heterocycles. The predicted molar refractivity (Wildman–Crippen MR) is 69.5 cm³/mol. The van der Waals surface area contributed by atoms with E-state index in [1.54, 1.807) is 0 Å². The monoisotopic (exact) mass is 224 g/mol. The molecule has 0 atom stereocenters. The molecule has 0 aromatic heterocycles. The van der Waals surface area contributed by atoms with Gasteiger partial charge in [-0.2, -0.15) is 5.10 Å². The lowest BCUT2D eigenvalue weighted by molar-refractivity contribution is 1.26. The average molecular weight is 224 g/mol. The molecule has 0 fully saturated rings. The van der Waals surface area contributed by atoms with Gasteiger partial charge in [-0.15, -0.1) is 10.2 Å². The van der Waals surface area contributed by atoms with Crippen molar-refractivity contribution >= 4 is 17.7 Å². The summed E-state index contributed by atoms with van der Waals surface area (Å²) in [4.78, 5) is 0. The first kappa shape index (κ1) is 11.0. The Morgan fingerprint density at radius 2 is 1.47 bits per heavy atom. The zero-order valence-electron chi connectivity index (χ0n) is 9.19. The SMILES string of the molecule is C(/N=Nc1ccccc1)=N\Nc1ccccc1. The number of hydrogen-bond acceptors (Lipinski definition) is 3. The fraction of sp³-hybridized carbons (Fsp3) is 0. The van der Waals surface area contributed by atoms with Gasteiger partial charge in [-0.05, 0) is 24.3 Å². The van der Waals surface area contributed by atoms with Crippen molar-refractivity contribution in [3.63, 3.8) is 0 Å². The molecule has 1 N–H and O–H groups in total. The van der Waals surface area contributed by atoms with Gasteiger partial charge in [0.1, 0.15) is 0 Å². The minimum Gasteiger partial charge on any atom is -0.277 e. The van der Waals surface area contributed by atoms with Crippen LogP contribution in [0.2, 0.25) is 0 Å². The Morgan fingerprint density at radius 1 is 0.824 bits per heavy atom. The van der Waals surface area contributed by atoms with Gasteiger partial charge in [-0.25, -0.2) is 0 Å². The van der Waals surface area contributed by atoms with Crippen LogP contribution in [-0.2, 0) is 0 Å². The topological polar surface area (TPSA) is 49.1 Å². The first-order valence-corrected chi connectivity index (χ1v) is 5.23. The summed E-state index contributed by atoms with van der Waals surface area (Å²) in [5.74, 6) is 0. The summed E-state index contributed by atoms with van der Waals surface area (Å²) in [6.45, 7) is 0. The van der Waals surface area contributed by atoms with E-state index >= 15 is 0 Å². The summed E-state index contributed by atoms with van der Waals surface area (Å²) in [6, 6.07) is 19.2. The van der Waals surface area contributed by atoms with Crippen molar-refractivity contribution in [1.82, 2.24) is 0 Å². The molecule has 0 saturated carbocycles. The maximum Gasteiger partial charge on any atom is 0.158 e. The number of para-hydroxylation sites is 1. The highest BCUT2D eigenvalue weighted by molar-refractivity contribution is 5.57. The zero-order chi connectivity index (χ0) is 11.8. The van der Waals surface area contributed by atoms with Crippen molar-refractivity contribution in [2.45, 2.75) is 0 Å². The molecule has 0 spiro atoms. The summed E-state index contributed by atoms with van der Waals surface area (Å²) < 4.78 is 0. The lowest BCUT2D eigenvalue weighted by atomic mass is 10.3. The molecular weight excluding hydrogens is 212 g/mol. The van der Waals surface area contributed by atoms with Crippen molar-refractivity contribution < 1.29 is 0 Å². The van der Waals surface area contributed by atoms with E-state index in [4.69, 9.17) is 0 Å². The standard InChI is InChI=1S/C13H12N4/c1-3-7-12(8-4-1)16-14-11-15-17-13-9-5-2-6-10-13/h1-11,16H/b14-11+,17-15?. The number of nitrogens with zero attached hydrogens (tertiary/aromatic N) is 3. The van der Waals surface area contributed by atoms with Gasteiger partial charge < -0.3 is 0 Å². The Balaban J connectivity index is 1.85. The van der Waals surface area contributed by atoms with Gasteiger partial charge in [0.2, 0.25) is 0 Å². The molecule has 4 heteroatoms. The predicted octanol–water partition coefficient (Wildman–Crippen LogP) is 3.83. The molecule has 0 heterocycles. The normalized spacial score (nSPS) is 11.1. The van der Waals surface area contributed by atoms with E-state index in [2.05, 4.69) is 20.8 Å². The second kappa shape index (κ2) is 6.17. The van der Waals surface area contributed by atoms with Crippen LogP contribution in [0.15, 0.2) is 76.0 Å². The fourth-order valence-corrected chi connectivity index (χ4v) is 1.23. The largest absolute Gasteiger partial charge is 0.277 e. The number of hydrazone groups is 1. The van der Waals surface area contributed by atoms with Crippen LogP contribution in [-0.4, -0.2) is 6.34 Å². The van der Waals surface area contributed by atoms with Crippen molar-refractivity contribution in [2.24, 2.45) is 15.3 Å². The third kappa shape index (κ3) is 3.87. The van der Waals surface area contributed by atoms with Crippen molar-refractivity contribution in [2.75, 3.05) is 5.43 Å². The second-order valence-electron chi connectivity index (χ2n) is 3.27. The fourth-order valence-electron chi connectivity index (χ4n) is 1.23. The molecule has 0 unspecified atom stereocenters. The Morgan fingerprint density at radius 3 is 2.18 bits per heavy atom. The van der Waals surface area contributed by atoms with Crippen LogP contribution in [0.25, 0.3) is 0 Å². The molecule has 2 aromatic carbocycles. The number of anilines is 1. The molecule has 17 heavy (non-hydrogen) atoms. The average Bonchev–Trinajstić information content (AvgIpc) is 2.41. The van der Waals surface area contributed by atoms with E-state index in [9.17, 15) is 0 Å². The lowest BCUT2D eigenvalue weighted by Gasteiger charge is -1.95. The Kier molecular flexibility index (Phi) is 4.00. The highest BCUT2D eigenvalue weighted by Gasteiger charge is 1.84. The third-order valence-electron chi connectivity index (χ3n) is 2.01. The molecule has 0 saturated heterocycles. The lowest BCUT2D eigenvalue weighted by Crippen LogP contribution is -1.86. The van der Waals surface area contributed by atoms with Crippen LogP contribution in [0.1, 0.15) is 0 Å². The molecule has 0 amide bonds. The maximum atomic E-state index is 3.97. The van der Waals surface area contributed by atoms with E-state index in [1.165, 1.54) is 6.34 Å². The van der Waals surface area contributed by atoms with Crippen LogP contribution >= 0.6 is 0 Å². The van der Waals surface area contributed by atoms with Gasteiger partial charge in [0, 0.05) is 0 Å². The number of hydrogen-bond donors (Lipinski definition) is 1. The van der Waals surface area contributed by atoms with Crippen molar-refractivity contribution in [1.29, 1.82) is 0 Å². The minimum atomic E-state index is 0.804. The van der Waals surface area contributed by atoms with Gasteiger partial charge in [-0.3, -0.25) is 5.43 Å². The molecule has 2 rings (SSSR count). The molecule has 0 aliphatic carbocycles. The smallest absolute Gasteiger partial charge is 0.158 e. The van der Waals surface area contributed by atoms with Crippen molar-refractivity contribution in [3.05, 3.63) is 60.7 Å². The van der Waals surface area contributed by atoms with Crippen LogP contribution < -0.4 is 5.43 Å². The first-order chi connectivity index (χ1) is 8.45. The highest BCUT2D eigenvalue weighted by Crippen LogP contribution is 2.09. The molecule has 2 aromatic rings. The molecular formula is C13H12N4. The number of azo groups is 1. The van der Waals surface area contributed by atoms with Crippen LogP contribution in [0.5, 0.6) is 0 Å². The second-order valence-corrected chi connectivity index (χ2v) is 3.27. The number of benzene rings is 2. The molecule has 84 valence electrons. The van der Waals surface area contributed by atoms with Crippen LogP contribution in [0.4, 0.5) is 11.4 Å². The zero-order valence-corrected chi connectivity index (χ0v) is 9.19. The summed E-state index contributed by atoms with van der Waals surface area (Å²) in [5, 5.41) is 11.7. The number of rotatable bonds is 4. The quantitative estimate of drug-likeness (QED) is 0.365. The van der Waals surface area contributed by atoms with E-state index in [-0.39, 0.29) is 0 Å². The Hall–Kier alpha value is -2.49. The molecule has 0 bridgehead atoms. The van der Waals surface area contributed by atoms with Gasteiger partial charge in [-0.1, -0.05) is 36.4 Å². The van der Waals surface area contributed by atoms with E-state index in [0.717, 1.165) is 11.4 Å². The summed E-state index contributed by atoms with van der Waals surface area (Å²) in [5.41, 5.74) is 4.57. The van der Waals surface area contributed by atoms with Crippen molar-refractivity contribution in [3.8, 4) is 0 Å². The number of nitrogens with one attached hydrogen (secondary N) is 1. The molecule has 4 nitrogen and oxygen atoms in total. The van der Waals surface area contributed by atoms with Gasteiger partial charge in [0.15, 0.2) is 6.34 Å². The molecule has 0 aliphatic rings. The van der Waals surface area contributed by atoms with Crippen LogP contribution in [0.3, 0.4) is 0 Å². The van der Waals surface area contributed by atoms with Crippen LogP contribution in [0, 0.1) is 0 Å². The summed E-state index contributed by atoms with van der Waals surface area (Å²) >= 11 is 0. The highest BCUT2D eigenvalue weighted by atomic mass is 15.3. The Labute approximate surface area is 99.7 Å². The van der Waals surface area contributed by atoms with E-state index < -0.39 is 0 Å². The maximum absolute atomic E-state index is 3.97. The Bertz CT molecular complexity index is 491. The van der Waals surface area contributed by atoms with Gasteiger partial charge in [0.05, 0.1) is 11.4 Å².